The molecule has 0 aliphatic rings. The van der Waals surface area contributed by atoms with Crippen LogP contribution in [0.3, 0.4) is 0 Å². The molecule has 2 aromatic rings. The van der Waals surface area contributed by atoms with Gasteiger partial charge in [0.2, 0.25) is 0 Å². The van der Waals surface area contributed by atoms with Crippen LogP contribution in [0, 0.1) is 0 Å². The third-order valence-corrected chi connectivity index (χ3v) is 2.65. The van der Waals surface area contributed by atoms with E-state index in [1.54, 1.807) is 19.3 Å². The van der Waals surface area contributed by atoms with E-state index in [1.165, 1.54) is 0 Å². The van der Waals surface area contributed by atoms with Gasteiger partial charge in [0.05, 0.1) is 7.11 Å². The molecule has 0 fully saturated rings. The molecule has 0 unspecified atom stereocenters. The van der Waals surface area contributed by atoms with Gasteiger partial charge in [-0.1, -0.05) is 24.3 Å². The van der Waals surface area contributed by atoms with Crippen LogP contribution in [0.15, 0.2) is 48.6 Å². The van der Waals surface area contributed by atoms with Crippen molar-refractivity contribution in [3.63, 3.8) is 0 Å². The van der Waals surface area contributed by atoms with Crippen LogP contribution in [0.25, 0.3) is 10.8 Å². The smallest absolute Gasteiger partial charge is 0.185 e. The Labute approximate surface area is 101 Å². The average Bonchev–Trinajstić information content (AvgIpc) is 2.37. The van der Waals surface area contributed by atoms with Crippen molar-refractivity contribution >= 4 is 16.6 Å². The Bertz CT molecular complexity index is 582. The number of hydrogen-bond donors (Lipinski definition) is 0. The number of carbonyl (C=O) groups excluding carboxylic acids is 1. The number of carbonyl (C=O) groups is 1. The molecule has 0 heterocycles. The van der Waals surface area contributed by atoms with Crippen LogP contribution in [0.2, 0.25) is 0 Å². The third kappa shape index (κ3) is 2.36. The lowest BCUT2D eigenvalue weighted by Crippen LogP contribution is -1.93. The SMILES string of the molecule is CC=CC(=O)c1ccc2cc(OC)ccc2c1. The van der Waals surface area contributed by atoms with Gasteiger partial charge in [0.25, 0.3) is 0 Å². The molecule has 0 radical (unpaired) electrons. The first-order valence-corrected chi connectivity index (χ1v) is 5.49. The molecule has 0 aromatic heterocycles. The first kappa shape index (κ1) is 11.4. The Balaban J connectivity index is 2.48. The van der Waals surface area contributed by atoms with Gasteiger partial charge in [-0.3, -0.25) is 4.79 Å². The molecule has 0 aliphatic carbocycles. The lowest BCUT2D eigenvalue weighted by atomic mass is 10.0. The molecule has 2 heteroatoms. The highest BCUT2D eigenvalue weighted by Gasteiger charge is 2.03. The topological polar surface area (TPSA) is 26.3 Å². The van der Waals surface area contributed by atoms with E-state index in [1.807, 2.05) is 43.3 Å². The minimum Gasteiger partial charge on any atom is -0.497 e. The van der Waals surface area contributed by atoms with E-state index in [0.29, 0.717) is 5.56 Å². The van der Waals surface area contributed by atoms with Gasteiger partial charge >= 0.3 is 0 Å². The summed E-state index contributed by atoms with van der Waals surface area (Å²) >= 11 is 0. The quantitative estimate of drug-likeness (QED) is 0.590. The molecule has 0 bridgehead atoms. The van der Waals surface area contributed by atoms with Crippen molar-refractivity contribution in [3.8, 4) is 5.75 Å². The zero-order valence-corrected chi connectivity index (χ0v) is 9.94. The maximum atomic E-state index is 11.7. The van der Waals surface area contributed by atoms with Crippen LogP contribution < -0.4 is 4.74 Å². The van der Waals surface area contributed by atoms with E-state index >= 15 is 0 Å². The summed E-state index contributed by atoms with van der Waals surface area (Å²) in [5.41, 5.74) is 0.709. The number of ether oxygens (including phenoxy) is 1. The number of benzene rings is 2. The van der Waals surface area contributed by atoms with Gasteiger partial charge in [-0.05, 0) is 42.0 Å². The standard InChI is InChI=1S/C15H14O2/c1-3-4-15(16)13-6-5-12-10-14(17-2)8-7-11(12)9-13/h3-10H,1-2H3. The number of methoxy groups -OCH3 is 1. The van der Waals surface area contributed by atoms with Crippen molar-refractivity contribution in [2.45, 2.75) is 6.92 Å². The summed E-state index contributed by atoms with van der Waals surface area (Å²) in [6.07, 6.45) is 3.32. The van der Waals surface area contributed by atoms with Crippen molar-refractivity contribution in [1.82, 2.24) is 0 Å². The second-order valence-electron chi connectivity index (χ2n) is 3.79. The molecule has 0 saturated carbocycles. The van der Waals surface area contributed by atoms with Gasteiger partial charge in [-0.15, -0.1) is 0 Å². The Hall–Kier alpha value is -2.09. The molecule has 0 atom stereocenters. The highest BCUT2D eigenvalue weighted by molar-refractivity contribution is 6.06. The fourth-order valence-corrected chi connectivity index (χ4v) is 1.75. The molecule has 2 aromatic carbocycles. The minimum absolute atomic E-state index is 0.0326. The van der Waals surface area contributed by atoms with E-state index in [2.05, 4.69) is 0 Å². The van der Waals surface area contributed by atoms with Crippen LogP contribution in [0.1, 0.15) is 17.3 Å². The lowest BCUT2D eigenvalue weighted by molar-refractivity contribution is 0.104. The van der Waals surface area contributed by atoms with E-state index < -0.39 is 0 Å². The second kappa shape index (κ2) is 4.83. The van der Waals surface area contributed by atoms with Gasteiger partial charge in [0.15, 0.2) is 5.78 Å². The third-order valence-electron chi connectivity index (χ3n) is 2.65. The van der Waals surface area contributed by atoms with Crippen LogP contribution in [0.4, 0.5) is 0 Å². The number of fused-ring (bicyclic) bond motifs is 1. The Kier molecular flexibility index (Phi) is 3.24. The van der Waals surface area contributed by atoms with E-state index in [0.717, 1.165) is 16.5 Å². The molecule has 17 heavy (non-hydrogen) atoms. The normalized spacial score (nSPS) is 10.9. The fraction of sp³-hybridized carbons (Fsp3) is 0.133. The summed E-state index contributed by atoms with van der Waals surface area (Å²) in [5.74, 6) is 0.857. The summed E-state index contributed by atoms with van der Waals surface area (Å²) in [6.45, 7) is 1.84. The molecular weight excluding hydrogens is 212 g/mol. The van der Waals surface area contributed by atoms with Gasteiger partial charge in [-0.25, -0.2) is 0 Å². The predicted molar refractivity (Wildman–Crippen MR) is 69.6 cm³/mol. The molecular formula is C15H14O2. The van der Waals surface area contributed by atoms with E-state index in [4.69, 9.17) is 4.74 Å². The van der Waals surface area contributed by atoms with Crippen LogP contribution in [-0.2, 0) is 0 Å². The summed E-state index contributed by atoms with van der Waals surface area (Å²) in [7, 11) is 1.64. The van der Waals surface area contributed by atoms with Gasteiger partial charge in [0, 0.05) is 5.56 Å². The number of rotatable bonds is 3. The van der Waals surface area contributed by atoms with Crippen molar-refractivity contribution in [3.05, 3.63) is 54.1 Å². The lowest BCUT2D eigenvalue weighted by Gasteiger charge is -2.03. The Morgan fingerprint density at radius 3 is 2.53 bits per heavy atom. The first-order chi connectivity index (χ1) is 8.24. The summed E-state index contributed by atoms with van der Waals surface area (Å²) in [4.78, 5) is 11.7. The molecule has 0 aliphatic heterocycles. The van der Waals surface area contributed by atoms with E-state index in [-0.39, 0.29) is 5.78 Å². The summed E-state index contributed by atoms with van der Waals surface area (Å²) in [6, 6.07) is 11.5. The second-order valence-corrected chi connectivity index (χ2v) is 3.79. The fourth-order valence-electron chi connectivity index (χ4n) is 1.75. The summed E-state index contributed by atoms with van der Waals surface area (Å²) < 4.78 is 5.16. The van der Waals surface area contributed by atoms with Gasteiger partial charge in [0.1, 0.15) is 5.75 Å². The highest BCUT2D eigenvalue weighted by Crippen LogP contribution is 2.22. The molecule has 86 valence electrons. The number of ketones is 1. The number of allylic oxidation sites excluding steroid dienone is 2. The summed E-state index contributed by atoms with van der Waals surface area (Å²) in [5, 5.41) is 2.11. The van der Waals surface area contributed by atoms with Crippen LogP contribution in [0.5, 0.6) is 5.75 Å². The van der Waals surface area contributed by atoms with Crippen molar-refractivity contribution in [2.75, 3.05) is 7.11 Å². The average molecular weight is 226 g/mol. The Morgan fingerprint density at radius 1 is 1.12 bits per heavy atom. The first-order valence-electron chi connectivity index (χ1n) is 5.49. The monoisotopic (exact) mass is 226 g/mol. The molecule has 2 nitrogen and oxygen atoms in total. The molecule has 0 saturated heterocycles. The molecule has 0 N–H and O–H groups in total. The predicted octanol–water partition coefficient (Wildman–Crippen LogP) is 3.61. The zero-order valence-electron chi connectivity index (χ0n) is 9.94. The van der Waals surface area contributed by atoms with Gasteiger partial charge in [-0.2, -0.15) is 0 Å². The maximum absolute atomic E-state index is 11.7. The molecule has 0 amide bonds. The van der Waals surface area contributed by atoms with Crippen molar-refractivity contribution in [1.29, 1.82) is 0 Å². The Morgan fingerprint density at radius 2 is 1.82 bits per heavy atom. The van der Waals surface area contributed by atoms with Crippen molar-refractivity contribution < 1.29 is 9.53 Å². The molecule has 2 rings (SSSR count). The highest BCUT2D eigenvalue weighted by atomic mass is 16.5. The van der Waals surface area contributed by atoms with Crippen LogP contribution in [-0.4, -0.2) is 12.9 Å². The van der Waals surface area contributed by atoms with E-state index in [9.17, 15) is 4.79 Å². The maximum Gasteiger partial charge on any atom is 0.185 e. The number of hydrogen-bond acceptors (Lipinski definition) is 2. The molecule has 0 spiro atoms. The van der Waals surface area contributed by atoms with Crippen molar-refractivity contribution in [2.24, 2.45) is 0 Å². The minimum atomic E-state index is 0.0326. The zero-order chi connectivity index (χ0) is 12.3. The van der Waals surface area contributed by atoms with Gasteiger partial charge < -0.3 is 4.74 Å². The van der Waals surface area contributed by atoms with Crippen LogP contribution >= 0.6 is 0 Å². The largest absolute Gasteiger partial charge is 0.497 e.